The number of anilines is 1. The quantitative estimate of drug-likeness (QED) is 0.628. The van der Waals surface area contributed by atoms with Crippen LogP contribution in [0.4, 0.5) is 10.1 Å². The summed E-state index contributed by atoms with van der Waals surface area (Å²) in [6.45, 7) is 0. The van der Waals surface area contributed by atoms with E-state index >= 15 is 0 Å². The van der Waals surface area contributed by atoms with Crippen molar-refractivity contribution in [2.75, 3.05) is 5.73 Å². The van der Waals surface area contributed by atoms with Crippen molar-refractivity contribution in [3.8, 4) is 11.4 Å². The Morgan fingerprint density at radius 3 is 2.88 bits per heavy atom. The first kappa shape index (κ1) is 9.77. The highest BCUT2D eigenvalue weighted by atomic mass is 19.1. The van der Waals surface area contributed by atoms with Gasteiger partial charge in [-0.2, -0.15) is 0 Å². The molecule has 5 heteroatoms. The number of fused-ring (bicyclic) bond motifs is 1. The molecule has 0 saturated carbocycles. The first-order chi connectivity index (χ1) is 8.24. The fourth-order valence-electron chi connectivity index (χ4n) is 1.66. The fraction of sp³-hybridized carbons (Fsp3) is 0. The minimum absolute atomic E-state index is 0.128. The van der Waals surface area contributed by atoms with Crippen LogP contribution in [0.2, 0.25) is 0 Å². The van der Waals surface area contributed by atoms with E-state index < -0.39 is 5.82 Å². The van der Waals surface area contributed by atoms with Crippen LogP contribution in [0, 0.1) is 5.82 Å². The molecule has 0 unspecified atom stereocenters. The molecule has 2 aromatic heterocycles. The second kappa shape index (κ2) is 3.55. The van der Waals surface area contributed by atoms with Gasteiger partial charge in [-0.25, -0.2) is 14.4 Å². The number of hydrogen-bond acceptors (Lipinski definition) is 3. The Bertz CT molecular complexity index is 657. The van der Waals surface area contributed by atoms with Crippen molar-refractivity contribution < 1.29 is 4.39 Å². The van der Waals surface area contributed by atoms with E-state index in [1.807, 2.05) is 12.1 Å². The van der Waals surface area contributed by atoms with Crippen LogP contribution in [0.5, 0.6) is 0 Å². The fourth-order valence-corrected chi connectivity index (χ4v) is 1.66. The monoisotopic (exact) mass is 228 g/mol. The molecule has 0 aliphatic carbocycles. The van der Waals surface area contributed by atoms with Gasteiger partial charge in [0, 0.05) is 11.8 Å². The Hall–Kier alpha value is -2.43. The predicted octanol–water partition coefficient (Wildman–Crippen LogP) is 2.35. The molecule has 84 valence electrons. The van der Waals surface area contributed by atoms with Crippen LogP contribution < -0.4 is 5.73 Å². The summed E-state index contributed by atoms with van der Waals surface area (Å²) in [7, 11) is 0. The summed E-state index contributed by atoms with van der Waals surface area (Å²) in [5.74, 6) is 0.133. The molecule has 2 heterocycles. The number of halogens is 1. The van der Waals surface area contributed by atoms with Crippen LogP contribution in [-0.2, 0) is 0 Å². The van der Waals surface area contributed by atoms with Gasteiger partial charge in [0.25, 0.3) is 0 Å². The average Bonchev–Trinajstić information content (AvgIpc) is 2.76. The molecule has 3 rings (SSSR count). The minimum Gasteiger partial charge on any atom is -0.396 e. The van der Waals surface area contributed by atoms with Gasteiger partial charge in [-0.15, -0.1) is 0 Å². The Labute approximate surface area is 96.3 Å². The third kappa shape index (κ3) is 1.61. The number of nitrogens with zero attached hydrogens (tertiary/aromatic N) is 2. The van der Waals surface area contributed by atoms with Crippen molar-refractivity contribution in [2.24, 2.45) is 0 Å². The van der Waals surface area contributed by atoms with Gasteiger partial charge in [0.2, 0.25) is 0 Å². The molecule has 0 aliphatic heterocycles. The highest BCUT2D eigenvalue weighted by Gasteiger charge is 2.07. The number of pyridine rings is 1. The summed E-state index contributed by atoms with van der Waals surface area (Å²) in [6.07, 6.45) is 1.66. The van der Waals surface area contributed by atoms with E-state index in [-0.39, 0.29) is 5.69 Å². The number of H-pyrrole nitrogens is 1. The average molecular weight is 228 g/mol. The minimum atomic E-state index is -0.448. The Balaban J connectivity index is 2.17. The maximum atomic E-state index is 13.3. The third-order valence-corrected chi connectivity index (χ3v) is 2.53. The van der Waals surface area contributed by atoms with Crippen molar-refractivity contribution in [1.29, 1.82) is 0 Å². The van der Waals surface area contributed by atoms with E-state index in [9.17, 15) is 4.39 Å². The van der Waals surface area contributed by atoms with E-state index in [1.165, 1.54) is 12.1 Å². The second-order valence-electron chi connectivity index (χ2n) is 3.70. The lowest BCUT2D eigenvalue weighted by molar-refractivity contribution is 0.633. The first-order valence-electron chi connectivity index (χ1n) is 5.10. The van der Waals surface area contributed by atoms with E-state index in [1.54, 1.807) is 12.3 Å². The van der Waals surface area contributed by atoms with E-state index in [0.717, 1.165) is 5.52 Å². The number of rotatable bonds is 1. The molecular formula is C12H9FN4. The van der Waals surface area contributed by atoms with Crippen molar-refractivity contribution >= 4 is 16.9 Å². The van der Waals surface area contributed by atoms with Gasteiger partial charge in [-0.05, 0) is 30.3 Å². The lowest BCUT2D eigenvalue weighted by Gasteiger charge is -1.99. The summed E-state index contributed by atoms with van der Waals surface area (Å²) in [6, 6.07) is 8.27. The SMILES string of the molecule is Nc1ccc(-c2nc3ncccc3[nH]2)cc1F. The number of benzene rings is 1. The summed E-state index contributed by atoms with van der Waals surface area (Å²) in [4.78, 5) is 11.5. The van der Waals surface area contributed by atoms with Crippen molar-refractivity contribution in [3.63, 3.8) is 0 Å². The van der Waals surface area contributed by atoms with Gasteiger partial charge in [0.1, 0.15) is 11.6 Å². The molecule has 0 amide bonds. The Morgan fingerprint density at radius 1 is 1.24 bits per heavy atom. The summed E-state index contributed by atoms with van der Waals surface area (Å²) >= 11 is 0. The molecule has 3 aromatic rings. The van der Waals surface area contributed by atoms with Crippen molar-refractivity contribution in [1.82, 2.24) is 15.0 Å². The predicted molar refractivity (Wildman–Crippen MR) is 63.7 cm³/mol. The molecular weight excluding hydrogens is 219 g/mol. The standard InChI is InChI=1S/C12H9FN4/c13-8-6-7(3-4-9(8)14)11-16-10-2-1-5-15-12(10)17-11/h1-6H,14H2,(H,15,16,17). The van der Waals surface area contributed by atoms with Gasteiger partial charge in [0.05, 0.1) is 11.2 Å². The molecule has 0 saturated heterocycles. The Morgan fingerprint density at radius 2 is 2.12 bits per heavy atom. The molecule has 4 nitrogen and oxygen atoms in total. The topological polar surface area (TPSA) is 67.6 Å². The van der Waals surface area contributed by atoms with Gasteiger partial charge in [-0.1, -0.05) is 0 Å². The zero-order valence-electron chi connectivity index (χ0n) is 8.81. The zero-order chi connectivity index (χ0) is 11.8. The normalized spacial score (nSPS) is 10.9. The van der Waals surface area contributed by atoms with Crippen LogP contribution in [0.1, 0.15) is 0 Å². The molecule has 0 atom stereocenters. The molecule has 0 fully saturated rings. The first-order valence-corrected chi connectivity index (χ1v) is 5.10. The number of nitrogens with one attached hydrogen (secondary N) is 1. The lowest BCUT2D eigenvalue weighted by atomic mass is 10.2. The third-order valence-electron chi connectivity index (χ3n) is 2.53. The van der Waals surface area contributed by atoms with Gasteiger partial charge < -0.3 is 10.7 Å². The highest BCUT2D eigenvalue weighted by Crippen LogP contribution is 2.22. The van der Waals surface area contributed by atoms with E-state index in [0.29, 0.717) is 17.0 Å². The van der Waals surface area contributed by atoms with Crippen molar-refractivity contribution in [3.05, 3.63) is 42.3 Å². The molecule has 17 heavy (non-hydrogen) atoms. The van der Waals surface area contributed by atoms with Crippen LogP contribution in [-0.4, -0.2) is 15.0 Å². The lowest BCUT2D eigenvalue weighted by Crippen LogP contribution is -1.91. The Kier molecular flexibility index (Phi) is 2.04. The smallest absolute Gasteiger partial charge is 0.178 e. The largest absolute Gasteiger partial charge is 0.396 e. The molecule has 0 spiro atoms. The summed E-state index contributed by atoms with van der Waals surface area (Å²) in [5, 5.41) is 0. The van der Waals surface area contributed by atoms with Gasteiger partial charge in [0.15, 0.2) is 5.65 Å². The summed E-state index contributed by atoms with van der Waals surface area (Å²) in [5.41, 5.74) is 7.63. The molecule has 0 bridgehead atoms. The maximum absolute atomic E-state index is 13.3. The van der Waals surface area contributed by atoms with Crippen LogP contribution in [0.3, 0.4) is 0 Å². The molecule has 1 aromatic carbocycles. The number of imidazole rings is 1. The zero-order valence-corrected chi connectivity index (χ0v) is 8.81. The molecule has 0 aliphatic rings. The number of hydrogen-bond donors (Lipinski definition) is 2. The van der Waals surface area contributed by atoms with E-state index in [4.69, 9.17) is 5.73 Å². The summed E-state index contributed by atoms with van der Waals surface area (Å²) < 4.78 is 13.3. The molecule has 3 N–H and O–H groups in total. The van der Waals surface area contributed by atoms with Crippen LogP contribution in [0.15, 0.2) is 36.5 Å². The number of aromatic amines is 1. The molecule has 0 radical (unpaired) electrons. The van der Waals surface area contributed by atoms with Gasteiger partial charge >= 0.3 is 0 Å². The van der Waals surface area contributed by atoms with Crippen LogP contribution >= 0.6 is 0 Å². The highest BCUT2D eigenvalue weighted by molar-refractivity contribution is 5.75. The van der Waals surface area contributed by atoms with Crippen LogP contribution in [0.25, 0.3) is 22.6 Å². The van der Waals surface area contributed by atoms with Gasteiger partial charge in [-0.3, -0.25) is 0 Å². The van der Waals surface area contributed by atoms with Crippen molar-refractivity contribution in [2.45, 2.75) is 0 Å². The second-order valence-corrected chi connectivity index (χ2v) is 3.70. The maximum Gasteiger partial charge on any atom is 0.178 e. The number of nitrogen functional groups attached to an aromatic ring is 1. The number of aromatic nitrogens is 3. The number of nitrogens with two attached hydrogens (primary N) is 1. The van der Waals surface area contributed by atoms with E-state index in [2.05, 4.69) is 15.0 Å².